The number of nitrogens with one attached hydrogen (secondary N) is 2. The third-order valence-corrected chi connectivity index (χ3v) is 4.93. The van der Waals surface area contributed by atoms with E-state index in [1.165, 1.54) is 25.7 Å². The molecule has 0 saturated heterocycles. The molecule has 5 nitrogen and oxygen atoms in total. The molecule has 2 aromatic carbocycles. The zero-order valence-corrected chi connectivity index (χ0v) is 15.7. The SMILES string of the molecule is COc1cccc(NC(=O)c2ccc(C(=O)NC3CCCCCC3)cc2)c1. The highest BCUT2D eigenvalue weighted by atomic mass is 16.5. The normalized spacial score (nSPS) is 14.9. The van der Waals surface area contributed by atoms with Gasteiger partial charge in [-0.15, -0.1) is 0 Å². The first kappa shape index (κ1) is 19.0. The Bertz CT molecular complexity index is 778. The lowest BCUT2D eigenvalue weighted by Gasteiger charge is -2.16. The van der Waals surface area contributed by atoms with Crippen molar-refractivity contribution in [3.05, 3.63) is 59.7 Å². The lowest BCUT2D eigenvalue weighted by molar-refractivity contribution is 0.0932. The molecule has 0 atom stereocenters. The van der Waals surface area contributed by atoms with Crippen LogP contribution in [0, 0.1) is 0 Å². The number of carbonyl (C=O) groups excluding carboxylic acids is 2. The Morgan fingerprint density at radius 3 is 2.15 bits per heavy atom. The fourth-order valence-electron chi connectivity index (χ4n) is 3.37. The summed E-state index contributed by atoms with van der Waals surface area (Å²) in [6.07, 6.45) is 6.95. The van der Waals surface area contributed by atoms with Gasteiger partial charge in [0.15, 0.2) is 0 Å². The predicted octanol–water partition coefficient (Wildman–Crippen LogP) is 4.40. The number of carbonyl (C=O) groups is 2. The van der Waals surface area contributed by atoms with Crippen LogP contribution in [0.25, 0.3) is 0 Å². The lowest BCUT2D eigenvalue weighted by Crippen LogP contribution is -2.34. The van der Waals surface area contributed by atoms with Crippen LogP contribution in [0.15, 0.2) is 48.5 Å². The Morgan fingerprint density at radius 1 is 0.889 bits per heavy atom. The Labute approximate surface area is 160 Å². The summed E-state index contributed by atoms with van der Waals surface area (Å²) in [6.45, 7) is 0. The zero-order valence-electron chi connectivity index (χ0n) is 15.7. The van der Waals surface area contributed by atoms with E-state index in [1.54, 1.807) is 43.5 Å². The van der Waals surface area contributed by atoms with E-state index in [-0.39, 0.29) is 17.9 Å². The van der Waals surface area contributed by atoms with E-state index in [9.17, 15) is 9.59 Å². The molecule has 1 saturated carbocycles. The van der Waals surface area contributed by atoms with Gasteiger partial charge in [0.25, 0.3) is 11.8 Å². The number of rotatable bonds is 5. The van der Waals surface area contributed by atoms with E-state index in [0.717, 1.165) is 12.8 Å². The molecule has 142 valence electrons. The molecular formula is C22H26N2O3. The summed E-state index contributed by atoms with van der Waals surface area (Å²) in [7, 11) is 1.58. The van der Waals surface area contributed by atoms with Crippen molar-refractivity contribution in [2.75, 3.05) is 12.4 Å². The molecule has 2 amide bonds. The second-order valence-corrected chi connectivity index (χ2v) is 6.93. The molecule has 0 bridgehead atoms. The molecule has 1 aliphatic rings. The zero-order chi connectivity index (χ0) is 19.1. The maximum absolute atomic E-state index is 12.4. The van der Waals surface area contributed by atoms with Gasteiger partial charge in [-0.1, -0.05) is 31.7 Å². The number of hydrogen-bond donors (Lipinski definition) is 2. The monoisotopic (exact) mass is 366 g/mol. The van der Waals surface area contributed by atoms with E-state index < -0.39 is 0 Å². The Kier molecular flexibility index (Phi) is 6.47. The molecule has 3 rings (SSSR count). The van der Waals surface area contributed by atoms with Crippen molar-refractivity contribution in [1.82, 2.24) is 5.32 Å². The van der Waals surface area contributed by atoms with Gasteiger partial charge in [-0.2, -0.15) is 0 Å². The predicted molar refractivity (Wildman–Crippen MR) is 106 cm³/mol. The molecular weight excluding hydrogens is 340 g/mol. The second kappa shape index (κ2) is 9.21. The van der Waals surface area contributed by atoms with Crippen LogP contribution in [0.2, 0.25) is 0 Å². The van der Waals surface area contributed by atoms with Gasteiger partial charge in [-0.25, -0.2) is 0 Å². The second-order valence-electron chi connectivity index (χ2n) is 6.93. The van der Waals surface area contributed by atoms with Crippen molar-refractivity contribution in [2.24, 2.45) is 0 Å². The van der Waals surface area contributed by atoms with Gasteiger partial charge in [0.2, 0.25) is 0 Å². The maximum atomic E-state index is 12.4. The van der Waals surface area contributed by atoms with Crippen molar-refractivity contribution in [1.29, 1.82) is 0 Å². The van der Waals surface area contributed by atoms with Crippen molar-refractivity contribution in [3.63, 3.8) is 0 Å². The van der Waals surface area contributed by atoms with Gasteiger partial charge in [-0.05, 0) is 49.2 Å². The molecule has 27 heavy (non-hydrogen) atoms. The minimum Gasteiger partial charge on any atom is -0.497 e. The molecule has 1 fully saturated rings. The van der Waals surface area contributed by atoms with E-state index in [1.807, 2.05) is 12.1 Å². The summed E-state index contributed by atoms with van der Waals surface area (Å²) in [6, 6.07) is 14.2. The smallest absolute Gasteiger partial charge is 0.255 e. The number of hydrogen-bond acceptors (Lipinski definition) is 3. The molecule has 5 heteroatoms. The van der Waals surface area contributed by atoms with Gasteiger partial charge in [0.05, 0.1) is 7.11 Å². The lowest BCUT2D eigenvalue weighted by atomic mass is 10.1. The number of benzene rings is 2. The van der Waals surface area contributed by atoms with Crippen LogP contribution in [0.3, 0.4) is 0 Å². The van der Waals surface area contributed by atoms with Crippen LogP contribution >= 0.6 is 0 Å². The molecule has 0 spiro atoms. The number of amides is 2. The minimum atomic E-state index is -0.223. The largest absolute Gasteiger partial charge is 0.497 e. The van der Waals surface area contributed by atoms with E-state index in [4.69, 9.17) is 4.74 Å². The van der Waals surface area contributed by atoms with Gasteiger partial charge in [0, 0.05) is 28.9 Å². The third kappa shape index (κ3) is 5.33. The average Bonchev–Trinajstić information content (AvgIpc) is 2.97. The Balaban J connectivity index is 1.60. The molecule has 1 aliphatic carbocycles. The average molecular weight is 366 g/mol. The standard InChI is InChI=1S/C22H26N2O3/c1-27-20-10-6-9-19(15-20)24-22(26)17-13-11-16(12-14-17)21(25)23-18-7-4-2-3-5-8-18/h6,9-15,18H,2-5,7-8H2,1H3,(H,23,25)(H,24,26). The molecule has 0 unspecified atom stereocenters. The number of anilines is 1. The highest BCUT2D eigenvalue weighted by Crippen LogP contribution is 2.19. The van der Waals surface area contributed by atoms with Gasteiger partial charge < -0.3 is 15.4 Å². The van der Waals surface area contributed by atoms with Crippen LogP contribution in [-0.2, 0) is 0 Å². The first-order valence-electron chi connectivity index (χ1n) is 9.52. The molecule has 0 radical (unpaired) electrons. The molecule has 2 N–H and O–H groups in total. The van der Waals surface area contributed by atoms with Crippen molar-refractivity contribution in [3.8, 4) is 5.75 Å². The number of methoxy groups -OCH3 is 1. The third-order valence-electron chi connectivity index (χ3n) is 4.93. The molecule has 0 aromatic heterocycles. The summed E-state index contributed by atoms with van der Waals surface area (Å²) >= 11 is 0. The van der Waals surface area contributed by atoms with Gasteiger partial charge in [0.1, 0.15) is 5.75 Å². The summed E-state index contributed by atoms with van der Waals surface area (Å²) in [5, 5.41) is 5.96. The fourth-order valence-corrected chi connectivity index (χ4v) is 3.37. The van der Waals surface area contributed by atoms with E-state index >= 15 is 0 Å². The van der Waals surface area contributed by atoms with Crippen molar-refractivity contribution in [2.45, 2.75) is 44.6 Å². The fraction of sp³-hybridized carbons (Fsp3) is 0.364. The first-order valence-corrected chi connectivity index (χ1v) is 9.52. The first-order chi connectivity index (χ1) is 13.2. The minimum absolute atomic E-state index is 0.0679. The van der Waals surface area contributed by atoms with Crippen LogP contribution in [0.1, 0.15) is 59.2 Å². The van der Waals surface area contributed by atoms with Crippen LogP contribution in [0.4, 0.5) is 5.69 Å². The highest BCUT2D eigenvalue weighted by Gasteiger charge is 2.16. The van der Waals surface area contributed by atoms with Crippen molar-refractivity contribution < 1.29 is 14.3 Å². The topological polar surface area (TPSA) is 67.4 Å². The highest BCUT2D eigenvalue weighted by molar-refractivity contribution is 6.05. The molecule has 0 aliphatic heterocycles. The van der Waals surface area contributed by atoms with Crippen LogP contribution < -0.4 is 15.4 Å². The Hall–Kier alpha value is -2.82. The van der Waals surface area contributed by atoms with E-state index in [2.05, 4.69) is 10.6 Å². The summed E-state index contributed by atoms with van der Waals surface area (Å²) in [5.74, 6) is 0.388. The van der Waals surface area contributed by atoms with Crippen LogP contribution in [-0.4, -0.2) is 25.0 Å². The summed E-state index contributed by atoms with van der Waals surface area (Å²) < 4.78 is 5.16. The Morgan fingerprint density at radius 2 is 1.52 bits per heavy atom. The van der Waals surface area contributed by atoms with Crippen LogP contribution in [0.5, 0.6) is 5.75 Å². The maximum Gasteiger partial charge on any atom is 0.255 e. The summed E-state index contributed by atoms with van der Waals surface area (Å²) in [4.78, 5) is 24.8. The van der Waals surface area contributed by atoms with Gasteiger partial charge in [-0.3, -0.25) is 9.59 Å². The van der Waals surface area contributed by atoms with Gasteiger partial charge >= 0.3 is 0 Å². The number of ether oxygens (including phenoxy) is 1. The molecule has 0 heterocycles. The quantitative estimate of drug-likeness (QED) is 0.771. The van der Waals surface area contributed by atoms with E-state index in [0.29, 0.717) is 22.6 Å². The molecule has 2 aromatic rings. The summed E-state index contributed by atoms with van der Waals surface area (Å²) in [5.41, 5.74) is 1.75. The van der Waals surface area contributed by atoms with Crippen molar-refractivity contribution >= 4 is 17.5 Å².